The Morgan fingerprint density at radius 1 is 1.50 bits per heavy atom. The van der Waals surface area contributed by atoms with E-state index in [-0.39, 0.29) is 18.0 Å². The first-order valence-electron chi connectivity index (χ1n) is 6.25. The molecule has 1 aromatic rings. The molecule has 1 aliphatic heterocycles. The largest absolute Gasteiger partial charge is 0.480 e. The van der Waals surface area contributed by atoms with Gasteiger partial charge in [0.15, 0.2) is 0 Å². The molecule has 1 heterocycles. The van der Waals surface area contributed by atoms with Crippen LogP contribution in [0.2, 0.25) is 0 Å². The zero-order valence-corrected chi connectivity index (χ0v) is 12.2. The van der Waals surface area contributed by atoms with E-state index in [0.29, 0.717) is 0 Å². The predicted octanol–water partition coefficient (Wildman–Crippen LogP) is 3.31. The first-order valence-corrected chi connectivity index (χ1v) is 7.04. The normalized spacial score (nSPS) is 26.2. The molecular formula is C14H18BrNO2. The molecule has 3 unspecified atom stereocenters. The van der Waals surface area contributed by atoms with Crippen LogP contribution in [0.15, 0.2) is 28.7 Å². The first kappa shape index (κ1) is 13.6. The van der Waals surface area contributed by atoms with E-state index in [1.165, 1.54) is 0 Å². The summed E-state index contributed by atoms with van der Waals surface area (Å²) in [6.07, 6.45) is 0.950. The van der Waals surface area contributed by atoms with Crippen LogP contribution in [0, 0.1) is 5.92 Å². The lowest BCUT2D eigenvalue weighted by Crippen LogP contribution is -2.40. The summed E-state index contributed by atoms with van der Waals surface area (Å²) in [6, 6.07) is 7.77. The fourth-order valence-electron chi connectivity index (χ4n) is 2.79. The molecule has 1 N–H and O–H groups in total. The van der Waals surface area contributed by atoms with Crippen LogP contribution in [0.25, 0.3) is 0 Å². The fourth-order valence-corrected chi connectivity index (χ4v) is 3.40. The number of carboxylic acids is 1. The highest BCUT2D eigenvalue weighted by Gasteiger charge is 2.39. The van der Waals surface area contributed by atoms with Crippen molar-refractivity contribution < 1.29 is 9.90 Å². The van der Waals surface area contributed by atoms with Gasteiger partial charge in [-0.15, -0.1) is 0 Å². The summed E-state index contributed by atoms with van der Waals surface area (Å²) in [5.41, 5.74) is 1.15. The maximum absolute atomic E-state index is 11.4. The molecule has 0 saturated carbocycles. The third-order valence-corrected chi connectivity index (χ3v) is 4.57. The molecule has 98 valence electrons. The predicted molar refractivity (Wildman–Crippen MR) is 74.5 cm³/mol. The summed E-state index contributed by atoms with van der Waals surface area (Å²) < 4.78 is 1.04. The molecule has 18 heavy (non-hydrogen) atoms. The number of carbonyl (C=O) groups is 1. The number of hydrogen-bond donors (Lipinski definition) is 1. The minimum absolute atomic E-state index is 0.117. The molecule has 2 rings (SSSR count). The van der Waals surface area contributed by atoms with Gasteiger partial charge in [0.2, 0.25) is 0 Å². The van der Waals surface area contributed by atoms with Gasteiger partial charge in [0.05, 0.1) is 0 Å². The van der Waals surface area contributed by atoms with Gasteiger partial charge in [0.1, 0.15) is 6.04 Å². The maximum atomic E-state index is 11.4. The van der Waals surface area contributed by atoms with E-state index in [0.717, 1.165) is 23.0 Å². The lowest BCUT2D eigenvalue weighted by Gasteiger charge is -2.30. The summed E-state index contributed by atoms with van der Waals surface area (Å²) in [7, 11) is 0. The van der Waals surface area contributed by atoms with E-state index in [9.17, 15) is 9.90 Å². The summed E-state index contributed by atoms with van der Waals surface area (Å²) in [5, 5.41) is 9.37. The van der Waals surface area contributed by atoms with Crippen molar-refractivity contribution >= 4 is 21.9 Å². The Bertz CT molecular complexity index is 449. The van der Waals surface area contributed by atoms with E-state index >= 15 is 0 Å². The Morgan fingerprint density at radius 3 is 2.78 bits per heavy atom. The molecule has 0 aromatic heterocycles. The van der Waals surface area contributed by atoms with Crippen molar-refractivity contribution in [1.29, 1.82) is 0 Å². The average Bonchev–Trinajstić information content (AvgIpc) is 2.71. The van der Waals surface area contributed by atoms with Gasteiger partial charge in [-0.2, -0.15) is 0 Å². The Balaban J connectivity index is 2.26. The van der Waals surface area contributed by atoms with Crippen molar-refractivity contribution in [2.75, 3.05) is 6.54 Å². The van der Waals surface area contributed by atoms with E-state index in [1.54, 1.807) is 0 Å². The molecular weight excluding hydrogens is 294 g/mol. The van der Waals surface area contributed by atoms with E-state index in [4.69, 9.17) is 0 Å². The monoisotopic (exact) mass is 311 g/mol. The number of halogens is 1. The lowest BCUT2D eigenvalue weighted by atomic mass is 10.0. The standard InChI is InChI=1S/C14H18BrNO2/c1-9-7-8-16(13(9)14(17)18)10(2)11-5-3-4-6-12(11)15/h3-6,9-10,13H,7-8H2,1-2H3,(H,17,18). The van der Waals surface area contributed by atoms with Gasteiger partial charge in [-0.3, -0.25) is 9.69 Å². The molecule has 0 spiro atoms. The van der Waals surface area contributed by atoms with Crippen LogP contribution in [0.3, 0.4) is 0 Å². The maximum Gasteiger partial charge on any atom is 0.321 e. The van der Waals surface area contributed by atoms with Gasteiger partial charge >= 0.3 is 5.97 Å². The topological polar surface area (TPSA) is 40.5 Å². The number of nitrogens with zero attached hydrogens (tertiary/aromatic N) is 1. The zero-order valence-electron chi connectivity index (χ0n) is 10.6. The second kappa shape index (κ2) is 5.41. The van der Waals surface area contributed by atoms with Crippen LogP contribution < -0.4 is 0 Å². The molecule has 0 aliphatic carbocycles. The first-order chi connectivity index (χ1) is 8.52. The smallest absolute Gasteiger partial charge is 0.321 e. The summed E-state index contributed by atoms with van der Waals surface area (Å²) >= 11 is 3.54. The Morgan fingerprint density at radius 2 is 2.17 bits per heavy atom. The molecule has 1 aliphatic rings. The lowest BCUT2D eigenvalue weighted by molar-refractivity contribution is -0.144. The second-order valence-corrected chi connectivity index (χ2v) is 5.84. The quantitative estimate of drug-likeness (QED) is 0.931. The highest BCUT2D eigenvalue weighted by atomic mass is 79.9. The highest BCUT2D eigenvalue weighted by Crippen LogP contribution is 2.35. The average molecular weight is 312 g/mol. The van der Waals surface area contributed by atoms with Crippen molar-refractivity contribution in [3.63, 3.8) is 0 Å². The molecule has 0 bridgehead atoms. The molecule has 1 aromatic carbocycles. The molecule has 0 amide bonds. The minimum atomic E-state index is -0.709. The van der Waals surface area contributed by atoms with Crippen molar-refractivity contribution in [3.8, 4) is 0 Å². The van der Waals surface area contributed by atoms with Gasteiger partial charge < -0.3 is 5.11 Å². The highest BCUT2D eigenvalue weighted by molar-refractivity contribution is 9.10. The Labute approximate surface area is 116 Å². The van der Waals surface area contributed by atoms with Crippen molar-refractivity contribution in [3.05, 3.63) is 34.3 Å². The van der Waals surface area contributed by atoms with Gasteiger partial charge in [0.25, 0.3) is 0 Å². The Hall–Kier alpha value is -0.870. The van der Waals surface area contributed by atoms with Crippen LogP contribution in [0.1, 0.15) is 31.9 Å². The molecule has 0 radical (unpaired) electrons. The van der Waals surface area contributed by atoms with Crippen LogP contribution in [-0.2, 0) is 4.79 Å². The second-order valence-electron chi connectivity index (χ2n) is 4.98. The van der Waals surface area contributed by atoms with Crippen molar-refractivity contribution in [1.82, 2.24) is 4.90 Å². The van der Waals surface area contributed by atoms with Gasteiger partial charge in [0, 0.05) is 10.5 Å². The molecule has 3 nitrogen and oxygen atoms in total. The van der Waals surface area contributed by atoms with E-state index < -0.39 is 5.97 Å². The van der Waals surface area contributed by atoms with Gasteiger partial charge in [-0.1, -0.05) is 41.1 Å². The Kier molecular flexibility index (Phi) is 4.07. The summed E-state index contributed by atoms with van der Waals surface area (Å²) in [6.45, 7) is 4.94. The van der Waals surface area contributed by atoms with E-state index in [2.05, 4.69) is 33.8 Å². The molecule has 1 fully saturated rings. The number of carboxylic acid groups (broad SMARTS) is 1. The van der Waals surface area contributed by atoms with Crippen molar-refractivity contribution in [2.45, 2.75) is 32.4 Å². The minimum Gasteiger partial charge on any atom is -0.480 e. The van der Waals surface area contributed by atoms with Crippen LogP contribution in [0.4, 0.5) is 0 Å². The summed E-state index contributed by atoms with van der Waals surface area (Å²) in [5.74, 6) is -0.494. The number of rotatable bonds is 3. The molecule has 4 heteroatoms. The number of aliphatic carboxylic acids is 1. The number of likely N-dealkylation sites (tertiary alicyclic amines) is 1. The van der Waals surface area contributed by atoms with E-state index in [1.807, 2.05) is 25.1 Å². The van der Waals surface area contributed by atoms with Crippen LogP contribution >= 0.6 is 15.9 Å². The van der Waals surface area contributed by atoms with Crippen molar-refractivity contribution in [2.24, 2.45) is 5.92 Å². The van der Waals surface area contributed by atoms with Gasteiger partial charge in [-0.05, 0) is 37.4 Å². The van der Waals surface area contributed by atoms with Crippen LogP contribution in [-0.4, -0.2) is 28.6 Å². The number of hydrogen-bond acceptors (Lipinski definition) is 2. The summed E-state index contributed by atoms with van der Waals surface area (Å²) in [4.78, 5) is 13.5. The zero-order chi connectivity index (χ0) is 13.3. The molecule has 3 atom stereocenters. The van der Waals surface area contributed by atoms with Crippen LogP contribution in [0.5, 0.6) is 0 Å². The number of benzene rings is 1. The fraction of sp³-hybridized carbons (Fsp3) is 0.500. The third-order valence-electron chi connectivity index (χ3n) is 3.84. The SMILES string of the molecule is CC1CCN(C(C)c2ccccc2Br)C1C(=O)O. The van der Waals surface area contributed by atoms with Gasteiger partial charge in [-0.25, -0.2) is 0 Å². The molecule has 1 saturated heterocycles. The third kappa shape index (κ3) is 2.45.